The average Bonchev–Trinajstić information content (AvgIpc) is 2.05. The van der Waals surface area contributed by atoms with Crippen LogP contribution in [0.4, 0.5) is 5.82 Å². The normalized spacial score (nSPS) is 8.80. The third-order valence-corrected chi connectivity index (χ3v) is 1.07. The topological polar surface area (TPSA) is 37.5 Å². The Hall–Kier alpha value is -1.40. The maximum absolute atomic E-state index is 8.59. The lowest BCUT2D eigenvalue weighted by molar-refractivity contribution is 0.277. The van der Waals surface area contributed by atoms with E-state index in [1.54, 1.807) is 18.2 Å². The molecule has 0 aliphatic heterocycles. The van der Waals surface area contributed by atoms with Crippen LogP contribution in [0.25, 0.3) is 4.85 Å². The molecule has 1 aromatic rings. The smallest absolute Gasteiger partial charge is 0.269 e. The van der Waals surface area contributed by atoms with Gasteiger partial charge in [0.25, 0.3) is 5.82 Å². The third-order valence-electron chi connectivity index (χ3n) is 1.07. The molecule has 0 radical (unpaired) electrons. The van der Waals surface area contributed by atoms with Crippen molar-refractivity contribution in [1.82, 2.24) is 4.98 Å². The second-order valence-electron chi connectivity index (χ2n) is 1.76. The van der Waals surface area contributed by atoms with E-state index < -0.39 is 0 Å². The van der Waals surface area contributed by atoms with Crippen LogP contribution in [-0.2, 0) is 6.61 Å². The van der Waals surface area contributed by atoms with Gasteiger partial charge in [-0.25, -0.2) is 0 Å². The average molecular weight is 134 g/mol. The van der Waals surface area contributed by atoms with E-state index in [0.29, 0.717) is 11.5 Å². The van der Waals surface area contributed by atoms with Crippen molar-refractivity contribution in [3.8, 4) is 0 Å². The van der Waals surface area contributed by atoms with E-state index in [2.05, 4.69) is 9.83 Å². The number of hydrogen-bond acceptors (Lipinski definition) is 2. The Bertz CT molecular complexity index is 265. The first-order valence-corrected chi connectivity index (χ1v) is 2.81. The highest BCUT2D eigenvalue weighted by Gasteiger charge is 1.96. The lowest BCUT2D eigenvalue weighted by Crippen LogP contribution is -1.85. The van der Waals surface area contributed by atoms with Gasteiger partial charge >= 0.3 is 0 Å². The number of aromatic nitrogens is 1. The first-order chi connectivity index (χ1) is 4.86. The lowest BCUT2D eigenvalue weighted by Gasteiger charge is -1.89. The highest BCUT2D eigenvalue weighted by atomic mass is 16.3. The van der Waals surface area contributed by atoms with Gasteiger partial charge in [0, 0.05) is 0 Å². The minimum absolute atomic E-state index is 0.108. The molecule has 0 unspecified atom stereocenters. The Labute approximate surface area is 58.8 Å². The van der Waals surface area contributed by atoms with Gasteiger partial charge in [0.15, 0.2) is 5.69 Å². The molecule has 0 spiro atoms. The maximum atomic E-state index is 8.59. The maximum Gasteiger partial charge on any atom is 0.269 e. The van der Waals surface area contributed by atoms with Crippen molar-refractivity contribution in [2.24, 2.45) is 0 Å². The van der Waals surface area contributed by atoms with E-state index in [1.807, 2.05) is 0 Å². The van der Waals surface area contributed by atoms with Crippen LogP contribution in [0.15, 0.2) is 18.2 Å². The van der Waals surface area contributed by atoms with Crippen molar-refractivity contribution in [3.05, 3.63) is 35.3 Å². The van der Waals surface area contributed by atoms with Crippen LogP contribution in [0.3, 0.4) is 0 Å². The fourth-order valence-corrected chi connectivity index (χ4v) is 0.617. The molecule has 50 valence electrons. The third kappa shape index (κ3) is 1.30. The number of rotatable bonds is 1. The monoisotopic (exact) mass is 134 g/mol. The molecule has 0 atom stereocenters. The summed E-state index contributed by atoms with van der Waals surface area (Å²) in [5.41, 5.74) is 0.536. The van der Waals surface area contributed by atoms with Gasteiger partial charge in [-0.3, -0.25) is 0 Å². The molecule has 3 heteroatoms. The molecule has 0 saturated carbocycles. The Balaban J connectivity index is 3.01. The van der Waals surface area contributed by atoms with Crippen LogP contribution in [0.5, 0.6) is 0 Å². The van der Waals surface area contributed by atoms with Gasteiger partial charge in [-0.2, -0.15) is 0 Å². The Morgan fingerprint density at radius 2 is 2.40 bits per heavy atom. The molecular formula is C7H6N2O. The van der Waals surface area contributed by atoms with Gasteiger partial charge in [0.1, 0.15) is 6.61 Å². The molecule has 0 fully saturated rings. The molecule has 3 nitrogen and oxygen atoms in total. The summed E-state index contributed by atoms with van der Waals surface area (Å²) >= 11 is 0. The van der Waals surface area contributed by atoms with Crippen LogP contribution in [0, 0.1) is 6.57 Å². The fourth-order valence-electron chi connectivity index (χ4n) is 0.617. The van der Waals surface area contributed by atoms with E-state index in [0.717, 1.165) is 0 Å². The van der Waals surface area contributed by atoms with Gasteiger partial charge in [-0.15, -0.1) is 4.98 Å². The zero-order chi connectivity index (χ0) is 7.40. The highest BCUT2D eigenvalue weighted by molar-refractivity contribution is 5.35. The number of hydrogen-bond donors (Lipinski definition) is 1. The minimum atomic E-state index is -0.108. The van der Waals surface area contributed by atoms with Crippen molar-refractivity contribution in [2.45, 2.75) is 6.61 Å². The summed E-state index contributed by atoms with van der Waals surface area (Å²) < 4.78 is 0. The van der Waals surface area contributed by atoms with E-state index in [-0.39, 0.29) is 6.61 Å². The molecule has 1 N–H and O–H groups in total. The van der Waals surface area contributed by atoms with E-state index in [9.17, 15) is 0 Å². The Morgan fingerprint density at radius 3 is 3.00 bits per heavy atom. The molecular weight excluding hydrogens is 128 g/mol. The Kier molecular flexibility index (Phi) is 1.98. The second-order valence-corrected chi connectivity index (χ2v) is 1.76. The number of aliphatic hydroxyl groups excluding tert-OH is 1. The fraction of sp³-hybridized carbons (Fsp3) is 0.143. The zero-order valence-electron chi connectivity index (χ0n) is 5.28. The predicted octanol–water partition coefficient (Wildman–Crippen LogP) is 1.12. The molecule has 1 heterocycles. The molecule has 10 heavy (non-hydrogen) atoms. The summed E-state index contributed by atoms with van der Waals surface area (Å²) in [6, 6.07) is 4.98. The minimum Gasteiger partial charge on any atom is -0.388 e. The standard InChI is InChI=1S/C7H6N2O/c1-8-7-4-2-3-6(5-10)9-7/h2-4,10H,5H2. The zero-order valence-corrected chi connectivity index (χ0v) is 5.28. The lowest BCUT2D eigenvalue weighted by atomic mass is 10.3. The quantitative estimate of drug-likeness (QED) is 0.584. The van der Waals surface area contributed by atoms with Gasteiger partial charge < -0.3 is 9.95 Å². The molecule has 1 rings (SSSR count). The van der Waals surface area contributed by atoms with Crippen LogP contribution < -0.4 is 0 Å². The summed E-state index contributed by atoms with van der Waals surface area (Å²) in [4.78, 5) is 6.91. The number of nitrogens with zero attached hydrogens (tertiary/aromatic N) is 2. The van der Waals surface area contributed by atoms with Gasteiger partial charge in [-0.05, 0) is 12.1 Å². The van der Waals surface area contributed by atoms with Gasteiger partial charge in [-0.1, -0.05) is 12.6 Å². The van der Waals surface area contributed by atoms with Crippen LogP contribution in [-0.4, -0.2) is 10.1 Å². The molecule has 0 bridgehead atoms. The summed E-state index contributed by atoms with van der Waals surface area (Å²) in [7, 11) is 0. The van der Waals surface area contributed by atoms with Gasteiger partial charge in [0.2, 0.25) is 0 Å². The van der Waals surface area contributed by atoms with Crippen molar-refractivity contribution < 1.29 is 5.11 Å². The predicted molar refractivity (Wildman–Crippen MR) is 36.4 cm³/mol. The summed E-state index contributed by atoms with van der Waals surface area (Å²) in [6.07, 6.45) is 0. The first kappa shape index (κ1) is 6.72. The molecule has 0 aliphatic carbocycles. The van der Waals surface area contributed by atoms with Crippen LogP contribution in [0.2, 0.25) is 0 Å². The molecule has 0 amide bonds. The summed E-state index contributed by atoms with van der Waals surface area (Å²) in [5, 5.41) is 8.59. The Morgan fingerprint density at radius 1 is 1.60 bits per heavy atom. The molecule has 0 aromatic carbocycles. The SMILES string of the molecule is [C-]#[N+]c1cccc(CO)n1. The van der Waals surface area contributed by atoms with E-state index in [1.165, 1.54) is 0 Å². The van der Waals surface area contributed by atoms with Crippen LogP contribution >= 0.6 is 0 Å². The summed E-state index contributed by atoms with van der Waals surface area (Å²) in [5.74, 6) is 0.326. The van der Waals surface area contributed by atoms with E-state index in [4.69, 9.17) is 11.7 Å². The first-order valence-electron chi connectivity index (χ1n) is 2.81. The molecule has 1 aromatic heterocycles. The van der Waals surface area contributed by atoms with Crippen LogP contribution in [0.1, 0.15) is 5.69 Å². The molecule has 0 saturated heterocycles. The second kappa shape index (κ2) is 2.95. The van der Waals surface area contributed by atoms with Crippen molar-refractivity contribution >= 4 is 5.82 Å². The number of pyridine rings is 1. The van der Waals surface area contributed by atoms with Crippen molar-refractivity contribution in [3.63, 3.8) is 0 Å². The number of aliphatic hydroxyl groups is 1. The summed E-state index contributed by atoms with van der Waals surface area (Å²) in [6.45, 7) is 6.49. The largest absolute Gasteiger partial charge is 0.388 e. The highest BCUT2D eigenvalue weighted by Crippen LogP contribution is 2.07. The molecule has 0 aliphatic rings. The van der Waals surface area contributed by atoms with Crippen molar-refractivity contribution in [2.75, 3.05) is 0 Å². The van der Waals surface area contributed by atoms with Crippen molar-refractivity contribution in [1.29, 1.82) is 0 Å². The van der Waals surface area contributed by atoms with E-state index >= 15 is 0 Å². The van der Waals surface area contributed by atoms with Gasteiger partial charge in [0.05, 0.1) is 0 Å².